The van der Waals surface area contributed by atoms with Crippen LogP contribution in [0, 0.1) is 0 Å². The molecule has 2 rings (SSSR count). The van der Waals surface area contributed by atoms with E-state index < -0.39 is 0 Å². The lowest BCUT2D eigenvalue weighted by Gasteiger charge is -2.05. The molecule has 0 saturated heterocycles. The lowest BCUT2D eigenvalue weighted by Crippen LogP contribution is -1.92. The summed E-state index contributed by atoms with van der Waals surface area (Å²) in [5.74, 6) is 0. The zero-order valence-electron chi connectivity index (χ0n) is 8.08. The molecule has 0 aliphatic rings. The van der Waals surface area contributed by atoms with Crippen LogP contribution in [0.25, 0.3) is 10.1 Å². The molecule has 0 aliphatic heterocycles. The molecule has 1 aromatic carbocycles. The molecule has 3 N–H and O–H groups in total. The molecule has 0 spiro atoms. The predicted octanol–water partition coefficient (Wildman–Crippen LogP) is 2.54. The van der Waals surface area contributed by atoms with E-state index in [2.05, 4.69) is 19.1 Å². The molecule has 0 radical (unpaired) electrons. The first-order valence-electron chi connectivity index (χ1n) is 4.67. The van der Waals surface area contributed by atoms with Crippen LogP contribution in [0.15, 0.2) is 18.2 Å². The summed E-state index contributed by atoms with van der Waals surface area (Å²) in [5.41, 5.74) is 7.97. The molecule has 74 valence electrons. The Kier molecular flexibility index (Phi) is 2.44. The Labute approximate surface area is 87.0 Å². The van der Waals surface area contributed by atoms with Crippen LogP contribution in [0.2, 0.25) is 0 Å². The largest absolute Gasteiger partial charge is 0.392 e. The van der Waals surface area contributed by atoms with Gasteiger partial charge in [-0.1, -0.05) is 13.0 Å². The third-order valence-electron chi connectivity index (χ3n) is 2.47. The molecular weight excluding hydrogens is 194 g/mol. The minimum atomic E-state index is 0.0939. The van der Waals surface area contributed by atoms with E-state index in [1.807, 2.05) is 6.07 Å². The molecule has 0 fully saturated rings. The first-order chi connectivity index (χ1) is 6.76. The van der Waals surface area contributed by atoms with Crippen LogP contribution in [0.5, 0.6) is 0 Å². The van der Waals surface area contributed by atoms with Gasteiger partial charge in [-0.25, -0.2) is 0 Å². The Bertz CT molecular complexity index is 462. The third kappa shape index (κ3) is 1.38. The molecule has 14 heavy (non-hydrogen) atoms. The van der Waals surface area contributed by atoms with Crippen molar-refractivity contribution >= 4 is 26.4 Å². The predicted molar refractivity (Wildman–Crippen MR) is 61.5 cm³/mol. The van der Waals surface area contributed by atoms with E-state index in [1.165, 1.54) is 5.56 Å². The van der Waals surface area contributed by atoms with Gasteiger partial charge >= 0.3 is 0 Å². The van der Waals surface area contributed by atoms with Crippen molar-refractivity contribution < 1.29 is 5.11 Å². The van der Waals surface area contributed by atoms with Gasteiger partial charge in [0.05, 0.1) is 11.6 Å². The summed E-state index contributed by atoms with van der Waals surface area (Å²) in [5, 5.41) is 11.2. The highest BCUT2D eigenvalue weighted by molar-refractivity contribution is 7.22. The quantitative estimate of drug-likeness (QED) is 0.795. The van der Waals surface area contributed by atoms with Gasteiger partial charge in [0.1, 0.15) is 0 Å². The lowest BCUT2D eigenvalue weighted by atomic mass is 10.0. The van der Waals surface area contributed by atoms with Gasteiger partial charge in [-0.05, 0) is 29.7 Å². The van der Waals surface area contributed by atoms with Crippen molar-refractivity contribution in [2.24, 2.45) is 0 Å². The number of rotatable bonds is 2. The average molecular weight is 207 g/mol. The summed E-state index contributed by atoms with van der Waals surface area (Å²) in [7, 11) is 0. The number of hydrogen-bond acceptors (Lipinski definition) is 3. The van der Waals surface area contributed by atoms with Crippen LogP contribution < -0.4 is 5.73 Å². The first kappa shape index (κ1) is 9.49. The molecule has 1 aromatic heterocycles. The van der Waals surface area contributed by atoms with E-state index >= 15 is 0 Å². The summed E-state index contributed by atoms with van der Waals surface area (Å²) in [4.78, 5) is 0. The Morgan fingerprint density at radius 3 is 2.86 bits per heavy atom. The number of aliphatic hydroxyl groups is 1. The summed E-state index contributed by atoms with van der Waals surface area (Å²) < 4.78 is 1.16. The smallest absolute Gasteiger partial charge is 0.0868 e. The van der Waals surface area contributed by atoms with Crippen LogP contribution >= 0.6 is 11.3 Å². The number of hydrogen-bond donors (Lipinski definition) is 2. The van der Waals surface area contributed by atoms with Crippen molar-refractivity contribution in [1.82, 2.24) is 0 Å². The summed E-state index contributed by atoms with van der Waals surface area (Å²) in [6, 6.07) is 6.10. The highest BCUT2D eigenvalue weighted by Gasteiger charge is 2.07. The van der Waals surface area contributed by atoms with Crippen molar-refractivity contribution in [1.29, 1.82) is 0 Å². The summed E-state index contributed by atoms with van der Waals surface area (Å²) in [6.45, 7) is 2.19. The van der Waals surface area contributed by atoms with E-state index in [-0.39, 0.29) is 6.61 Å². The van der Waals surface area contributed by atoms with Gasteiger partial charge in [-0.15, -0.1) is 11.3 Å². The van der Waals surface area contributed by atoms with Gasteiger partial charge in [0.15, 0.2) is 0 Å². The standard InChI is InChI=1S/C11H13NOS/c1-2-7-3-4-10-8(9(7)6-13)5-11(12)14-10/h3-5,13H,2,6,12H2,1H3. The topological polar surface area (TPSA) is 46.2 Å². The Morgan fingerprint density at radius 1 is 1.43 bits per heavy atom. The molecule has 2 nitrogen and oxygen atoms in total. The molecule has 0 saturated carbocycles. The van der Waals surface area contributed by atoms with Gasteiger partial charge in [0.2, 0.25) is 0 Å². The second kappa shape index (κ2) is 3.59. The second-order valence-corrected chi connectivity index (χ2v) is 4.39. The average Bonchev–Trinajstić information content (AvgIpc) is 2.56. The number of fused-ring (bicyclic) bond motifs is 1. The van der Waals surface area contributed by atoms with Crippen LogP contribution in [0.1, 0.15) is 18.1 Å². The molecule has 3 heteroatoms. The minimum absolute atomic E-state index is 0.0939. The monoisotopic (exact) mass is 207 g/mol. The molecule has 0 amide bonds. The van der Waals surface area contributed by atoms with Crippen molar-refractivity contribution in [2.45, 2.75) is 20.0 Å². The van der Waals surface area contributed by atoms with Crippen LogP contribution in [0.3, 0.4) is 0 Å². The molecule has 0 bridgehead atoms. The number of anilines is 1. The van der Waals surface area contributed by atoms with Crippen molar-refractivity contribution in [2.75, 3.05) is 5.73 Å². The van der Waals surface area contributed by atoms with E-state index in [0.717, 1.165) is 27.1 Å². The third-order valence-corrected chi connectivity index (χ3v) is 3.40. The Hall–Kier alpha value is -1.06. The number of nitrogens with two attached hydrogens (primary N) is 1. The molecule has 2 aromatic rings. The lowest BCUT2D eigenvalue weighted by molar-refractivity contribution is 0.282. The van der Waals surface area contributed by atoms with Gasteiger partial charge in [-0.2, -0.15) is 0 Å². The SMILES string of the molecule is CCc1ccc2sc(N)cc2c1CO. The van der Waals surface area contributed by atoms with Crippen molar-refractivity contribution in [3.63, 3.8) is 0 Å². The number of thiophene rings is 1. The van der Waals surface area contributed by atoms with E-state index in [1.54, 1.807) is 11.3 Å². The Morgan fingerprint density at radius 2 is 2.21 bits per heavy atom. The minimum Gasteiger partial charge on any atom is -0.392 e. The molecule has 0 aliphatic carbocycles. The summed E-state index contributed by atoms with van der Waals surface area (Å²) in [6.07, 6.45) is 0.946. The fourth-order valence-corrected chi connectivity index (χ4v) is 2.61. The number of nitrogen functional groups attached to an aromatic ring is 1. The maximum Gasteiger partial charge on any atom is 0.0868 e. The van der Waals surface area contributed by atoms with E-state index in [0.29, 0.717) is 0 Å². The molecule has 0 atom stereocenters. The first-order valence-corrected chi connectivity index (χ1v) is 5.48. The van der Waals surface area contributed by atoms with Crippen LogP contribution in [-0.2, 0) is 13.0 Å². The maximum absolute atomic E-state index is 9.32. The summed E-state index contributed by atoms with van der Waals surface area (Å²) >= 11 is 1.57. The molecule has 1 heterocycles. The van der Waals surface area contributed by atoms with Crippen LogP contribution in [0.4, 0.5) is 5.00 Å². The zero-order valence-corrected chi connectivity index (χ0v) is 8.90. The number of benzene rings is 1. The van der Waals surface area contributed by atoms with E-state index in [9.17, 15) is 5.11 Å². The van der Waals surface area contributed by atoms with Crippen molar-refractivity contribution in [3.05, 3.63) is 29.3 Å². The van der Waals surface area contributed by atoms with Crippen LogP contribution in [-0.4, -0.2) is 5.11 Å². The van der Waals surface area contributed by atoms with Gasteiger partial charge in [0, 0.05) is 10.1 Å². The normalized spacial score (nSPS) is 11.0. The second-order valence-electron chi connectivity index (χ2n) is 3.28. The van der Waals surface area contributed by atoms with E-state index in [4.69, 9.17) is 5.73 Å². The van der Waals surface area contributed by atoms with Gasteiger partial charge in [0.25, 0.3) is 0 Å². The molecular formula is C11H13NOS. The van der Waals surface area contributed by atoms with Gasteiger partial charge in [-0.3, -0.25) is 0 Å². The number of aliphatic hydroxyl groups excluding tert-OH is 1. The highest BCUT2D eigenvalue weighted by atomic mass is 32.1. The Balaban J connectivity index is 2.75. The van der Waals surface area contributed by atoms with Crippen molar-refractivity contribution in [3.8, 4) is 0 Å². The fraction of sp³-hybridized carbons (Fsp3) is 0.273. The molecule has 0 unspecified atom stereocenters. The highest BCUT2D eigenvalue weighted by Crippen LogP contribution is 2.32. The maximum atomic E-state index is 9.32. The number of aryl methyl sites for hydroxylation is 1. The fourth-order valence-electron chi connectivity index (χ4n) is 1.75. The zero-order chi connectivity index (χ0) is 10.1. The van der Waals surface area contributed by atoms with Gasteiger partial charge < -0.3 is 10.8 Å².